The molecule has 1 aromatic rings. The monoisotopic (exact) mass is 196 g/mol. The van der Waals surface area contributed by atoms with Crippen LogP contribution >= 0.6 is 0 Å². The van der Waals surface area contributed by atoms with Gasteiger partial charge >= 0.3 is 0 Å². The molecule has 1 atom stereocenters. The Morgan fingerprint density at radius 1 is 1.36 bits per heavy atom. The average molecular weight is 196 g/mol. The van der Waals surface area contributed by atoms with E-state index in [2.05, 4.69) is 5.32 Å². The number of halogens is 1. The highest BCUT2D eigenvalue weighted by molar-refractivity contribution is 5.48. The molecule has 2 nitrogen and oxygen atoms in total. The summed E-state index contributed by atoms with van der Waals surface area (Å²) < 4.78 is 13.5. The van der Waals surface area contributed by atoms with E-state index in [1.807, 2.05) is 34.1 Å². The number of rotatable bonds is 3. The number of nitrogens with one attached hydrogen (secondary N) is 1. The van der Waals surface area contributed by atoms with Crippen LogP contribution in [0.2, 0.25) is 0 Å². The largest absolute Gasteiger partial charge is 0.375 e. The molecule has 1 unspecified atom stereocenters. The van der Waals surface area contributed by atoms with E-state index in [0.717, 1.165) is 5.56 Å². The molecule has 78 valence electrons. The summed E-state index contributed by atoms with van der Waals surface area (Å²) in [5.74, 6) is -0.172. The lowest BCUT2D eigenvalue weighted by molar-refractivity contribution is 0.607. The molecule has 0 saturated carbocycles. The van der Waals surface area contributed by atoms with E-state index in [9.17, 15) is 4.39 Å². The number of hydrogen-bond acceptors (Lipinski definition) is 2. The maximum atomic E-state index is 13.5. The molecule has 0 heterocycles. The minimum Gasteiger partial charge on any atom is -0.375 e. The molecule has 1 aromatic carbocycles. The molecule has 14 heavy (non-hydrogen) atoms. The fourth-order valence-corrected chi connectivity index (χ4v) is 1.32. The average Bonchev–Trinajstić information content (AvgIpc) is 2.15. The summed E-state index contributed by atoms with van der Waals surface area (Å²) in [7, 11) is 5.53. The van der Waals surface area contributed by atoms with Gasteiger partial charge in [-0.1, -0.05) is 6.07 Å². The van der Waals surface area contributed by atoms with Crippen LogP contribution in [0.4, 0.5) is 10.1 Å². The first kappa shape index (κ1) is 11.0. The number of nitrogens with zero attached hydrogens (tertiary/aromatic N) is 1. The van der Waals surface area contributed by atoms with Crippen molar-refractivity contribution in [2.45, 2.75) is 13.0 Å². The molecule has 0 fully saturated rings. The normalized spacial score (nSPS) is 12.6. The van der Waals surface area contributed by atoms with Crippen molar-refractivity contribution < 1.29 is 4.39 Å². The fourth-order valence-electron chi connectivity index (χ4n) is 1.32. The molecule has 0 aromatic heterocycles. The third kappa shape index (κ3) is 2.23. The molecule has 0 amide bonds. The molecule has 0 aliphatic rings. The molecule has 1 rings (SSSR count). The van der Waals surface area contributed by atoms with E-state index in [1.54, 1.807) is 17.0 Å². The third-order valence-corrected chi connectivity index (χ3v) is 2.39. The lowest BCUT2D eigenvalue weighted by Gasteiger charge is -2.16. The molecular weight excluding hydrogens is 179 g/mol. The molecule has 0 aliphatic heterocycles. The van der Waals surface area contributed by atoms with E-state index in [0.29, 0.717) is 5.69 Å². The van der Waals surface area contributed by atoms with Crippen LogP contribution in [-0.2, 0) is 0 Å². The van der Waals surface area contributed by atoms with Gasteiger partial charge in [0.25, 0.3) is 0 Å². The van der Waals surface area contributed by atoms with Crippen LogP contribution in [0.25, 0.3) is 0 Å². The van der Waals surface area contributed by atoms with Gasteiger partial charge in [0, 0.05) is 20.1 Å². The first-order valence-corrected chi connectivity index (χ1v) is 4.70. The quantitative estimate of drug-likeness (QED) is 0.797. The minimum atomic E-state index is -0.172. The van der Waals surface area contributed by atoms with Crippen LogP contribution in [0.15, 0.2) is 18.2 Å². The Kier molecular flexibility index (Phi) is 3.47. The van der Waals surface area contributed by atoms with Gasteiger partial charge in [-0.15, -0.1) is 0 Å². The predicted octanol–water partition coefficient (Wildman–Crippen LogP) is 2.17. The van der Waals surface area contributed by atoms with Gasteiger partial charge in [-0.25, -0.2) is 4.39 Å². The van der Waals surface area contributed by atoms with E-state index in [-0.39, 0.29) is 11.9 Å². The summed E-state index contributed by atoms with van der Waals surface area (Å²) in [6, 6.07) is 5.51. The van der Waals surface area contributed by atoms with Gasteiger partial charge in [-0.3, -0.25) is 0 Å². The van der Waals surface area contributed by atoms with Crippen LogP contribution in [0.5, 0.6) is 0 Å². The number of anilines is 1. The Bertz CT molecular complexity index is 310. The first-order valence-electron chi connectivity index (χ1n) is 4.70. The van der Waals surface area contributed by atoms with Crippen LogP contribution in [0.3, 0.4) is 0 Å². The van der Waals surface area contributed by atoms with Gasteiger partial charge in [-0.05, 0) is 31.7 Å². The van der Waals surface area contributed by atoms with Gasteiger partial charge in [0.05, 0.1) is 5.69 Å². The predicted molar refractivity (Wildman–Crippen MR) is 58.2 cm³/mol. The number of benzene rings is 1. The van der Waals surface area contributed by atoms with Crippen molar-refractivity contribution in [3.63, 3.8) is 0 Å². The van der Waals surface area contributed by atoms with Gasteiger partial charge in [0.2, 0.25) is 0 Å². The van der Waals surface area contributed by atoms with Crippen molar-refractivity contribution in [2.24, 2.45) is 0 Å². The molecule has 0 spiro atoms. The van der Waals surface area contributed by atoms with Crippen LogP contribution in [0, 0.1) is 5.82 Å². The fraction of sp³-hybridized carbons (Fsp3) is 0.455. The SMILES string of the molecule is CNC(C)c1ccc(N(C)C)c(F)c1. The molecule has 0 saturated heterocycles. The van der Waals surface area contributed by atoms with Crippen molar-refractivity contribution in [3.8, 4) is 0 Å². The molecule has 3 heteroatoms. The molecule has 0 radical (unpaired) electrons. The van der Waals surface area contributed by atoms with Gasteiger partial charge in [0.15, 0.2) is 0 Å². The van der Waals surface area contributed by atoms with Gasteiger partial charge in [0.1, 0.15) is 5.82 Å². The van der Waals surface area contributed by atoms with E-state index < -0.39 is 0 Å². The van der Waals surface area contributed by atoms with Crippen molar-refractivity contribution in [2.75, 3.05) is 26.0 Å². The second-order valence-electron chi connectivity index (χ2n) is 3.62. The highest BCUT2D eigenvalue weighted by Gasteiger charge is 2.08. The first-order chi connectivity index (χ1) is 6.56. The van der Waals surface area contributed by atoms with Crippen LogP contribution < -0.4 is 10.2 Å². The van der Waals surface area contributed by atoms with Gasteiger partial charge < -0.3 is 10.2 Å². The molecule has 1 N–H and O–H groups in total. The maximum Gasteiger partial charge on any atom is 0.146 e. The smallest absolute Gasteiger partial charge is 0.146 e. The third-order valence-electron chi connectivity index (χ3n) is 2.39. The van der Waals surface area contributed by atoms with Crippen molar-refractivity contribution >= 4 is 5.69 Å². The van der Waals surface area contributed by atoms with E-state index in [1.165, 1.54) is 0 Å². The summed E-state index contributed by atoms with van der Waals surface area (Å²) in [6.07, 6.45) is 0. The van der Waals surface area contributed by atoms with E-state index >= 15 is 0 Å². The summed E-state index contributed by atoms with van der Waals surface area (Å²) in [6.45, 7) is 2.00. The topological polar surface area (TPSA) is 15.3 Å². The number of hydrogen-bond donors (Lipinski definition) is 1. The summed E-state index contributed by atoms with van der Waals surface area (Å²) in [5, 5.41) is 3.08. The summed E-state index contributed by atoms with van der Waals surface area (Å²) >= 11 is 0. The lowest BCUT2D eigenvalue weighted by atomic mass is 10.1. The maximum absolute atomic E-state index is 13.5. The Labute approximate surface area is 84.7 Å². The molecular formula is C11H17FN2. The Hall–Kier alpha value is -1.09. The minimum absolute atomic E-state index is 0.172. The molecule has 0 aliphatic carbocycles. The summed E-state index contributed by atoms with van der Waals surface area (Å²) in [5.41, 5.74) is 1.59. The standard InChI is InChI=1S/C11H17FN2/c1-8(13-2)9-5-6-11(14(3)4)10(12)7-9/h5-8,13H,1-4H3. The van der Waals surface area contributed by atoms with Crippen LogP contribution in [0.1, 0.15) is 18.5 Å². The zero-order valence-corrected chi connectivity index (χ0v) is 9.13. The second-order valence-corrected chi connectivity index (χ2v) is 3.62. The highest BCUT2D eigenvalue weighted by atomic mass is 19.1. The lowest BCUT2D eigenvalue weighted by Crippen LogP contribution is -2.14. The van der Waals surface area contributed by atoms with Crippen molar-refractivity contribution in [3.05, 3.63) is 29.6 Å². The Morgan fingerprint density at radius 3 is 2.43 bits per heavy atom. The highest BCUT2D eigenvalue weighted by Crippen LogP contribution is 2.21. The zero-order chi connectivity index (χ0) is 10.7. The van der Waals surface area contributed by atoms with Crippen molar-refractivity contribution in [1.29, 1.82) is 0 Å². The molecule has 0 bridgehead atoms. The zero-order valence-electron chi connectivity index (χ0n) is 9.13. The second kappa shape index (κ2) is 4.42. The van der Waals surface area contributed by atoms with Crippen LogP contribution in [-0.4, -0.2) is 21.1 Å². The van der Waals surface area contributed by atoms with E-state index in [4.69, 9.17) is 0 Å². The summed E-state index contributed by atoms with van der Waals surface area (Å²) in [4.78, 5) is 1.77. The van der Waals surface area contributed by atoms with Crippen molar-refractivity contribution in [1.82, 2.24) is 5.32 Å². The van der Waals surface area contributed by atoms with Gasteiger partial charge in [-0.2, -0.15) is 0 Å². The Morgan fingerprint density at radius 2 is 2.00 bits per heavy atom. The Balaban J connectivity index is 3.00.